The van der Waals surface area contributed by atoms with Crippen molar-refractivity contribution < 1.29 is 0 Å². The Bertz CT molecular complexity index is 579. The van der Waals surface area contributed by atoms with Crippen LogP contribution in [0.25, 0.3) is 5.52 Å². The third-order valence-corrected chi connectivity index (χ3v) is 2.69. The van der Waals surface area contributed by atoms with Gasteiger partial charge in [0, 0.05) is 11.8 Å². The first-order valence-corrected chi connectivity index (χ1v) is 5.33. The Morgan fingerprint density at radius 2 is 2.06 bits per heavy atom. The lowest BCUT2D eigenvalue weighted by molar-refractivity contribution is 0.591. The first kappa shape index (κ1) is 10.7. The van der Waals surface area contributed by atoms with E-state index in [1.165, 1.54) is 5.56 Å². The van der Waals surface area contributed by atoms with E-state index in [0.29, 0.717) is 5.56 Å². The van der Waals surface area contributed by atoms with Crippen LogP contribution in [0.4, 0.5) is 0 Å². The van der Waals surface area contributed by atoms with Gasteiger partial charge < -0.3 is 0 Å². The molecule has 0 unspecified atom stereocenters. The van der Waals surface area contributed by atoms with Crippen LogP contribution in [-0.4, -0.2) is 9.61 Å². The average Bonchev–Trinajstić information content (AvgIpc) is 2.51. The van der Waals surface area contributed by atoms with Crippen LogP contribution in [0.3, 0.4) is 0 Å². The second kappa shape index (κ2) is 3.34. The third kappa shape index (κ3) is 1.57. The van der Waals surface area contributed by atoms with E-state index in [-0.39, 0.29) is 5.41 Å². The molecular formula is C13H15N3. The maximum Gasteiger partial charge on any atom is 0.0992 e. The zero-order valence-corrected chi connectivity index (χ0v) is 10.1. The predicted octanol–water partition coefficient (Wildman–Crippen LogP) is 2.81. The number of nitriles is 1. The molecule has 0 bridgehead atoms. The first-order valence-electron chi connectivity index (χ1n) is 5.33. The van der Waals surface area contributed by atoms with Crippen molar-refractivity contribution in [3.8, 4) is 6.07 Å². The highest BCUT2D eigenvalue weighted by Crippen LogP contribution is 2.29. The van der Waals surface area contributed by atoms with Gasteiger partial charge >= 0.3 is 0 Å². The molecule has 0 fully saturated rings. The van der Waals surface area contributed by atoms with E-state index in [9.17, 15) is 0 Å². The van der Waals surface area contributed by atoms with Crippen LogP contribution in [-0.2, 0) is 5.41 Å². The maximum absolute atomic E-state index is 8.92. The molecule has 0 N–H and O–H groups in total. The largest absolute Gasteiger partial charge is 0.240 e. The Balaban J connectivity index is 2.82. The molecule has 2 aromatic heterocycles. The van der Waals surface area contributed by atoms with Gasteiger partial charge in [-0.25, -0.2) is 4.52 Å². The number of aromatic nitrogens is 2. The Kier molecular flexibility index (Phi) is 2.23. The van der Waals surface area contributed by atoms with E-state index in [1.54, 1.807) is 6.07 Å². The lowest BCUT2D eigenvalue weighted by Gasteiger charge is -2.18. The van der Waals surface area contributed by atoms with Crippen molar-refractivity contribution in [3.05, 3.63) is 35.2 Å². The zero-order chi connectivity index (χ0) is 11.9. The fourth-order valence-electron chi connectivity index (χ4n) is 2.16. The minimum absolute atomic E-state index is 0.0416. The molecule has 0 amide bonds. The van der Waals surface area contributed by atoms with Crippen LogP contribution in [0.2, 0.25) is 0 Å². The number of fused-ring (bicyclic) bond motifs is 1. The molecule has 0 spiro atoms. The van der Waals surface area contributed by atoms with Gasteiger partial charge in [0.25, 0.3) is 0 Å². The summed E-state index contributed by atoms with van der Waals surface area (Å²) in [6.07, 6.45) is 1.84. The van der Waals surface area contributed by atoms with Crippen molar-refractivity contribution >= 4 is 5.52 Å². The SMILES string of the molecule is Cc1nn2ccc(C#N)cc2c1C(C)(C)C. The lowest BCUT2D eigenvalue weighted by atomic mass is 9.86. The number of nitrogens with zero attached hydrogens (tertiary/aromatic N) is 3. The summed E-state index contributed by atoms with van der Waals surface area (Å²) in [7, 11) is 0. The molecule has 3 heteroatoms. The summed E-state index contributed by atoms with van der Waals surface area (Å²) in [5.74, 6) is 0. The Labute approximate surface area is 95.3 Å². The molecule has 0 atom stereocenters. The van der Waals surface area contributed by atoms with Crippen molar-refractivity contribution in [2.45, 2.75) is 33.1 Å². The Morgan fingerprint density at radius 3 is 2.62 bits per heavy atom. The predicted molar refractivity (Wildman–Crippen MR) is 63.3 cm³/mol. The molecule has 3 nitrogen and oxygen atoms in total. The van der Waals surface area contributed by atoms with E-state index < -0.39 is 0 Å². The monoisotopic (exact) mass is 213 g/mol. The molecule has 16 heavy (non-hydrogen) atoms. The molecule has 0 saturated heterocycles. The normalized spacial score (nSPS) is 11.7. The van der Waals surface area contributed by atoms with Crippen LogP contribution in [0.15, 0.2) is 18.3 Å². The highest BCUT2D eigenvalue weighted by atomic mass is 15.2. The number of rotatable bonds is 0. The summed E-state index contributed by atoms with van der Waals surface area (Å²) in [5.41, 5.74) is 3.99. The van der Waals surface area contributed by atoms with Gasteiger partial charge in [0.2, 0.25) is 0 Å². The molecule has 2 rings (SSSR count). The van der Waals surface area contributed by atoms with Crippen molar-refractivity contribution in [2.24, 2.45) is 0 Å². The van der Waals surface area contributed by atoms with Crippen LogP contribution in [0, 0.1) is 18.3 Å². The van der Waals surface area contributed by atoms with Gasteiger partial charge in [-0.15, -0.1) is 0 Å². The van der Waals surface area contributed by atoms with E-state index in [4.69, 9.17) is 5.26 Å². The van der Waals surface area contributed by atoms with E-state index in [2.05, 4.69) is 31.9 Å². The average molecular weight is 213 g/mol. The molecule has 0 aliphatic heterocycles. The molecule has 0 radical (unpaired) electrons. The van der Waals surface area contributed by atoms with Gasteiger partial charge in [-0.1, -0.05) is 20.8 Å². The summed E-state index contributed by atoms with van der Waals surface area (Å²) in [4.78, 5) is 0. The van der Waals surface area contributed by atoms with Crippen molar-refractivity contribution in [1.29, 1.82) is 5.26 Å². The number of pyridine rings is 1. The number of hydrogen-bond donors (Lipinski definition) is 0. The highest BCUT2D eigenvalue weighted by Gasteiger charge is 2.22. The minimum atomic E-state index is 0.0416. The zero-order valence-electron chi connectivity index (χ0n) is 10.1. The van der Waals surface area contributed by atoms with Crippen molar-refractivity contribution in [3.63, 3.8) is 0 Å². The van der Waals surface area contributed by atoms with Gasteiger partial charge in [-0.05, 0) is 24.5 Å². The van der Waals surface area contributed by atoms with Crippen molar-refractivity contribution in [2.75, 3.05) is 0 Å². The first-order chi connectivity index (χ1) is 7.43. The fourth-order valence-corrected chi connectivity index (χ4v) is 2.16. The molecule has 2 aromatic rings. The quantitative estimate of drug-likeness (QED) is 0.675. The third-order valence-electron chi connectivity index (χ3n) is 2.69. The van der Waals surface area contributed by atoms with Crippen LogP contribution in [0.1, 0.15) is 37.6 Å². The lowest BCUT2D eigenvalue weighted by Crippen LogP contribution is -2.12. The Morgan fingerprint density at radius 1 is 1.38 bits per heavy atom. The van der Waals surface area contributed by atoms with Crippen LogP contribution < -0.4 is 0 Å². The van der Waals surface area contributed by atoms with Crippen LogP contribution in [0.5, 0.6) is 0 Å². The summed E-state index contributed by atoms with van der Waals surface area (Å²) in [5, 5.41) is 13.4. The number of aryl methyl sites for hydroxylation is 1. The summed E-state index contributed by atoms with van der Waals surface area (Å²) in [6.45, 7) is 8.50. The summed E-state index contributed by atoms with van der Waals surface area (Å²) < 4.78 is 1.84. The summed E-state index contributed by atoms with van der Waals surface area (Å²) in [6, 6.07) is 5.85. The van der Waals surface area contributed by atoms with Crippen LogP contribution >= 0.6 is 0 Å². The van der Waals surface area contributed by atoms with Gasteiger partial charge in [-0.3, -0.25) is 0 Å². The molecule has 0 aromatic carbocycles. The number of hydrogen-bond acceptors (Lipinski definition) is 2. The van der Waals surface area contributed by atoms with Crippen molar-refractivity contribution in [1.82, 2.24) is 9.61 Å². The topological polar surface area (TPSA) is 41.1 Å². The van der Waals surface area contributed by atoms with Gasteiger partial charge in [-0.2, -0.15) is 10.4 Å². The second-order valence-electron chi connectivity index (χ2n) is 5.07. The fraction of sp³-hybridized carbons (Fsp3) is 0.385. The summed E-state index contributed by atoms with van der Waals surface area (Å²) >= 11 is 0. The van der Waals surface area contributed by atoms with Gasteiger partial charge in [0.15, 0.2) is 0 Å². The molecule has 0 saturated carbocycles. The smallest absolute Gasteiger partial charge is 0.0992 e. The molecule has 0 aliphatic carbocycles. The van der Waals surface area contributed by atoms with Gasteiger partial charge in [0.1, 0.15) is 0 Å². The van der Waals surface area contributed by atoms with E-state index in [1.807, 2.05) is 23.7 Å². The molecular weight excluding hydrogens is 198 g/mol. The van der Waals surface area contributed by atoms with Gasteiger partial charge in [0.05, 0.1) is 22.8 Å². The van der Waals surface area contributed by atoms with E-state index >= 15 is 0 Å². The molecule has 2 heterocycles. The minimum Gasteiger partial charge on any atom is -0.240 e. The highest BCUT2D eigenvalue weighted by molar-refractivity contribution is 5.61. The Hall–Kier alpha value is -1.82. The second-order valence-corrected chi connectivity index (χ2v) is 5.07. The molecule has 82 valence electrons. The maximum atomic E-state index is 8.92. The van der Waals surface area contributed by atoms with E-state index in [0.717, 1.165) is 11.2 Å². The standard InChI is InChI=1S/C13H15N3/c1-9-12(13(2,3)4)11-7-10(8-14)5-6-16(11)15-9/h5-7H,1-4H3. The molecule has 0 aliphatic rings.